The minimum atomic E-state index is -0.913. The van der Waals surface area contributed by atoms with Crippen LogP contribution >= 0.6 is 0 Å². The van der Waals surface area contributed by atoms with Gasteiger partial charge in [-0.25, -0.2) is 0 Å². The van der Waals surface area contributed by atoms with Gasteiger partial charge in [0.15, 0.2) is 0 Å². The van der Waals surface area contributed by atoms with Crippen LogP contribution in [0.3, 0.4) is 0 Å². The predicted octanol–water partition coefficient (Wildman–Crippen LogP) is 2.10. The summed E-state index contributed by atoms with van der Waals surface area (Å²) in [5.74, 6) is -0.872. The maximum absolute atomic E-state index is 10.9. The second kappa shape index (κ2) is 3.47. The molecule has 0 spiro atoms. The molecule has 1 atom stereocenters. The van der Waals surface area contributed by atoms with Gasteiger partial charge in [-0.3, -0.25) is 4.79 Å². The number of carboxylic acid groups (broad SMARTS) is 1. The molecule has 1 heterocycles. The smallest absolute Gasteiger partial charge is 0.313 e. The third kappa shape index (κ3) is 1.99. The Kier molecular flexibility index (Phi) is 2.56. The van der Waals surface area contributed by atoms with Crippen molar-refractivity contribution in [2.45, 2.75) is 13.3 Å². The summed E-state index contributed by atoms with van der Waals surface area (Å²) < 4.78 is 4.86. The van der Waals surface area contributed by atoms with Crippen molar-refractivity contribution in [3.63, 3.8) is 0 Å². The number of hydrogen-bond donors (Lipinski definition) is 1. The lowest BCUT2D eigenvalue weighted by atomic mass is 9.85. The molecule has 0 saturated heterocycles. The molecule has 1 N–H and O–H groups in total. The summed E-state index contributed by atoms with van der Waals surface area (Å²) >= 11 is 0. The van der Waals surface area contributed by atoms with Crippen molar-refractivity contribution in [2.75, 3.05) is 0 Å². The Labute approximate surface area is 76.7 Å². The molecule has 0 bridgehead atoms. The van der Waals surface area contributed by atoms with Gasteiger partial charge in [0.25, 0.3) is 0 Å². The summed E-state index contributed by atoms with van der Waals surface area (Å²) in [4.78, 5) is 10.9. The second-order valence-corrected chi connectivity index (χ2v) is 3.24. The van der Waals surface area contributed by atoms with Crippen molar-refractivity contribution in [3.05, 3.63) is 36.8 Å². The molecule has 0 amide bonds. The molecule has 1 aromatic rings. The van der Waals surface area contributed by atoms with E-state index in [-0.39, 0.29) is 0 Å². The van der Waals surface area contributed by atoms with Gasteiger partial charge in [0.1, 0.15) is 0 Å². The van der Waals surface area contributed by atoms with Crippen LogP contribution in [-0.2, 0) is 11.2 Å². The standard InChI is InChI=1S/C10H12O3/c1-3-10(2,9(11)12)6-8-4-5-13-7-8/h3-5,7H,1,6H2,2H3,(H,11,12). The zero-order valence-corrected chi connectivity index (χ0v) is 7.49. The number of carboxylic acids is 1. The molecule has 0 aliphatic rings. The van der Waals surface area contributed by atoms with E-state index in [2.05, 4.69) is 6.58 Å². The molecule has 70 valence electrons. The molecular weight excluding hydrogens is 168 g/mol. The lowest BCUT2D eigenvalue weighted by Gasteiger charge is -2.18. The first kappa shape index (κ1) is 9.58. The van der Waals surface area contributed by atoms with Gasteiger partial charge in [-0.2, -0.15) is 0 Å². The van der Waals surface area contributed by atoms with E-state index in [9.17, 15) is 4.79 Å². The van der Waals surface area contributed by atoms with Gasteiger partial charge in [-0.05, 0) is 25.0 Å². The van der Waals surface area contributed by atoms with Crippen molar-refractivity contribution in [2.24, 2.45) is 5.41 Å². The average Bonchev–Trinajstić information content (AvgIpc) is 2.56. The highest BCUT2D eigenvalue weighted by molar-refractivity contribution is 5.76. The Balaban J connectivity index is 2.81. The molecule has 3 heteroatoms. The van der Waals surface area contributed by atoms with Crippen molar-refractivity contribution >= 4 is 5.97 Å². The average molecular weight is 180 g/mol. The summed E-state index contributed by atoms with van der Waals surface area (Å²) in [5.41, 5.74) is -0.0473. The Hall–Kier alpha value is -1.51. The minimum absolute atomic E-state index is 0.405. The van der Waals surface area contributed by atoms with E-state index in [1.165, 1.54) is 12.3 Å². The van der Waals surface area contributed by atoms with E-state index >= 15 is 0 Å². The molecular formula is C10H12O3. The Bertz CT molecular complexity index is 300. The van der Waals surface area contributed by atoms with E-state index in [1.54, 1.807) is 19.3 Å². The molecule has 1 rings (SSSR count). The predicted molar refractivity (Wildman–Crippen MR) is 48.4 cm³/mol. The SMILES string of the molecule is C=CC(C)(Cc1ccoc1)C(=O)O. The molecule has 13 heavy (non-hydrogen) atoms. The first-order valence-electron chi connectivity index (χ1n) is 3.96. The number of rotatable bonds is 4. The normalized spacial score (nSPS) is 14.8. The van der Waals surface area contributed by atoms with Gasteiger partial charge in [0.2, 0.25) is 0 Å². The van der Waals surface area contributed by atoms with E-state index in [4.69, 9.17) is 9.52 Å². The number of carbonyl (C=O) groups is 1. The summed E-state index contributed by atoms with van der Waals surface area (Å²) in [6.45, 7) is 5.16. The zero-order chi connectivity index (χ0) is 9.90. The Morgan fingerprint density at radius 2 is 2.54 bits per heavy atom. The highest BCUT2D eigenvalue weighted by Crippen LogP contribution is 2.24. The molecule has 0 saturated carbocycles. The zero-order valence-electron chi connectivity index (χ0n) is 7.49. The van der Waals surface area contributed by atoms with E-state index in [0.717, 1.165) is 5.56 Å². The van der Waals surface area contributed by atoms with Crippen LogP contribution in [0.25, 0.3) is 0 Å². The molecule has 0 aliphatic carbocycles. The maximum Gasteiger partial charge on any atom is 0.313 e. The van der Waals surface area contributed by atoms with Gasteiger partial charge in [0, 0.05) is 0 Å². The number of aliphatic carboxylic acids is 1. The number of hydrogen-bond acceptors (Lipinski definition) is 2. The van der Waals surface area contributed by atoms with Gasteiger partial charge < -0.3 is 9.52 Å². The summed E-state index contributed by atoms with van der Waals surface area (Å²) in [5, 5.41) is 8.93. The fraction of sp³-hybridized carbons (Fsp3) is 0.300. The van der Waals surface area contributed by atoms with Gasteiger partial charge >= 0.3 is 5.97 Å². The van der Waals surface area contributed by atoms with Gasteiger partial charge in [0.05, 0.1) is 17.9 Å². The highest BCUT2D eigenvalue weighted by Gasteiger charge is 2.29. The highest BCUT2D eigenvalue weighted by atomic mass is 16.4. The van der Waals surface area contributed by atoms with E-state index in [0.29, 0.717) is 6.42 Å². The first-order valence-corrected chi connectivity index (χ1v) is 3.96. The van der Waals surface area contributed by atoms with Crippen LogP contribution in [0.4, 0.5) is 0 Å². The van der Waals surface area contributed by atoms with E-state index in [1.807, 2.05) is 0 Å². The third-order valence-corrected chi connectivity index (χ3v) is 2.09. The lowest BCUT2D eigenvalue weighted by molar-refractivity contribution is -0.145. The third-order valence-electron chi connectivity index (χ3n) is 2.09. The Morgan fingerprint density at radius 3 is 2.92 bits per heavy atom. The number of furan rings is 1. The van der Waals surface area contributed by atoms with Crippen LogP contribution in [0.1, 0.15) is 12.5 Å². The van der Waals surface area contributed by atoms with Gasteiger partial charge in [-0.15, -0.1) is 6.58 Å². The largest absolute Gasteiger partial charge is 0.481 e. The van der Waals surface area contributed by atoms with Crippen LogP contribution in [0, 0.1) is 5.41 Å². The molecule has 1 aromatic heterocycles. The van der Waals surface area contributed by atoms with E-state index < -0.39 is 11.4 Å². The molecule has 0 aliphatic heterocycles. The summed E-state index contributed by atoms with van der Waals surface area (Å²) in [7, 11) is 0. The fourth-order valence-electron chi connectivity index (χ4n) is 1.05. The molecule has 0 radical (unpaired) electrons. The van der Waals surface area contributed by atoms with Gasteiger partial charge in [-0.1, -0.05) is 6.08 Å². The topological polar surface area (TPSA) is 50.4 Å². The molecule has 3 nitrogen and oxygen atoms in total. The van der Waals surface area contributed by atoms with Crippen LogP contribution in [0.2, 0.25) is 0 Å². The first-order chi connectivity index (χ1) is 6.08. The monoisotopic (exact) mass is 180 g/mol. The summed E-state index contributed by atoms with van der Waals surface area (Å²) in [6.07, 6.45) is 4.93. The summed E-state index contributed by atoms with van der Waals surface area (Å²) in [6, 6.07) is 1.75. The van der Waals surface area contributed by atoms with Crippen LogP contribution in [0.15, 0.2) is 35.7 Å². The molecule has 0 aromatic carbocycles. The molecule has 0 fully saturated rings. The fourth-order valence-corrected chi connectivity index (χ4v) is 1.05. The molecule has 1 unspecified atom stereocenters. The van der Waals surface area contributed by atoms with Crippen LogP contribution in [0.5, 0.6) is 0 Å². The maximum atomic E-state index is 10.9. The van der Waals surface area contributed by atoms with Crippen LogP contribution < -0.4 is 0 Å². The lowest BCUT2D eigenvalue weighted by Crippen LogP contribution is -2.27. The van der Waals surface area contributed by atoms with Crippen molar-refractivity contribution in [1.82, 2.24) is 0 Å². The van der Waals surface area contributed by atoms with Crippen molar-refractivity contribution in [3.8, 4) is 0 Å². The van der Waals surface area contributed by atoms with Crippen LogP contribution in [-0.4, -0.2) is 11.1 Å². The Morgan fingerprint density at radius 1 is 1.85 bits per heavy atom. The minimum Gasteiger partial charge on any atom is -0.481 e. The van der Waals surface area contributed by atoms with Crippen molar-refractivity contribution in [1.29, 1.82) is 0 Å². The quantitative estimate of drug-likeness (QED) is 0.722. The second-order valence-electron chi connectivity index (χ2n) is 3.24. The van der Waals surface area contributed by atoms with Crippen molar-refractivity contribution < 1.29 is 14.3 Å².